The Kier molecular flexibility index (Phi) is 7.84. The minimum atomic E-state index is -2.38. The first-order valence-corrected chi connectivity index (χ1v) is 14.8. The molecule has 0 radical (unpaired) electrons. The summed E-state index contributed by atoms with van der Waals surface area (Å²) in [4.78, 5) is 4.25. The highest BCUT2D eigenvalue weighted by atomic mass is 35.5. The summed E-state index contributed by atoms with van der Waals surface area (Å²) in [5.74, 6) is -5.40. The lowest BCUT2D eigenvalue weighted by atomic mass is 9.85. The maximum Gasteiger partial charge on any atom is 0.177 e. The van der Waals surface area contributed by atoms with Crippen LogP contribution in [0.2, 0.25) is 35.7 Å². The fourth-order valence-electron chi connectivity index (χ4n) is 3.40. The summed E-state index contributed by atoms with van der Waals surface area (Å²) in [6, 6.07) is 4.32. The van der Waals surface area contributed by atoms with E-state index < -0.39 is 47.0 Å². The third-order valence-electron chi connectivity index (χ3n) is 5.40. The Hall–Kier alpha value is -1.91. The number of aliphatic hydroxyl groups is 1. The fraction of sp³-hybridized carbons (Fsp3) is 0.348. The highest BCUT2D eigenvalue weighted by Crippen LogP contribution is 2.40. The number of hydrogen-bond donors (Lipinski definition) is 1. The van der Waals surface area contributed by atoms with E-state index in [1.807, 2.05) is 0 Å². The summed E-state index contributed by atoms with van der Waals surface area (Å²) in [5.41, 5.74) is -2.32. The molecule has 0 saturated heterocycles. The van der Waals surface area contributed by atoms with Crippen LogP contribution in [-0.4, -0.2) is 29.3 Å². The molecular weight excluding hydrogens is 511 g/mol. The van der Waals surface area contributed by atoms with Gasteiger partial charge in [0.15, 0.2) is 34.7 Å². The molecule has 0 aliphatic carbocycles. The lowest BCUT2D eigenvalue weighted by molar-refractivity contribution is 0.0620. The number of benzene rings is 2. The molecule has 0 amide bonds. The molecule has 0 aliphatic rings. The SMILES string of the molecule is Cc1cnc(C(O)(c2cc(F)c(F)c(Cl)c2)c2cc(F)c(F)c(Cl)c2)n1COCC[Si](C)(C)C. The number of aryl methyl sites for hydroxylation is 1. The average Bonchev–Trinajstić information content (AvgIpc) is 3.12. The number of hydrogen-bond acceptors (Lipinski definition) is 3. The fourth-order valence-corrected chi connectivity index (χ4v) is 4.57. The zero-order chi connectivity index (χ0) is 25.4. The van der Waals surface area contributed by atoms with Gasteiger partial charge in [0.1, 0.15) is 6.73 Å². The molecule has 34 heavy (non-hydrogen) atoms. The average molecular weight is 535 g/mol. The van der Waals surface area contributed by atoms with E-state index in [1.165, 1.54) is 10.8 Å². The Morgan fingerprint density at radius 2 is 1.47 bits per heavy atom. The summed E-state index contributed by atoms with van der Waals surface area (Å²) in [6.45, 7) is 8.73. The molecule has 11 heteroatoms. The molecule has 2 aromatic carbocycles. The van der Waals surface area contributed by atoms with E-state index >= 15 is 0 Å². The molecule has 0 bridgehead atoms. The molecule has 1 N–H and O–H groups in total. The zero-order valence-corrected chi connectivity index (χ0v) is 21.5. The van der Waals surface area contributed by atoms with Gasteiger partial charge in [-0.2, -0.15) is 0 Å². The summed E-state index contributed by atoms with van der Waals surface area (Å²) in [7, 11) is -1.37. The van der Waals surface area contributed by atoms with Crippen molar-refractivity contribution in [1.29, 1.82) is 0 Å². The highest BCUT2D eigenvalue weighted by Gasteiger charge is 2.41. The van der Waals surface area contributed by atoms with E-state index in [-0.39, 0.29) is 23.7 Å². The standard InChI is InChI=1S/C23H24Cl2F4N2O2Si/c1-13-11-30-22(31(13)12-33-5-6-34(2,3)4)23(32,14-7-16(24)20(28)18(26)9-14)15-8-17(25)21(29)19(27)10-15/h7-11,32H,5-6,12H2,1-4H3. The summed E-state index contributed by atoms with van der Waals surface area (Å²) in [6.07, 6.45) is 1.44. The zero-order valence-electron chi connectivity index (χ0n) is 19.0. The van der Waals surface area contributed by atoms with Crippen LogP contribution in [0.4, 0.5) is 17.6 Å². The number of rotatable bonds is 8. The van der Waals surface area contributed by atoms with Gasteiger partial charge in [0.25, 0.3) is 0 Å². The monoisotopic (exact) mass is 534 g/mol. The Morgan fingerprint density at radius 3 is 1.91 bits per heavy atom. The normalized spacial score (nSPS) is 12.4. The van der Waals surface area contributed by atoms with Gasteiger partial charge in [-0.25, -0.2) is 22.5 Å². The Bertz CT molecular complexity index is 1110. The van der Waals surface area contributed by atoms with Crippen LogP contribution >= 0.6 is 23.2 Å². The minimum Gasteiger partial charge on any atom is -0.373 e. The number of aromatic nitrogens is 2. The Labute approximate surface area is 206 Å². The first-order chi connectivity index (χ1) is 15.8. The van der Waals surface area contributed by atoms with Crippen molar-refractivity contribution >= 4 is 31.3 Å². The summed E-state index contributed by atoms with van der Waals surface area (Å²) >= 11 is 11.7. The van der Waals surface area contributed by atoms with Crippen LogP contribution in [0.3, 0.4) is 0 Å². The van der Waals surface area contributed by atoms with Crippen molar-refractivity contribution in [2.75, 3.05) is 6.61 Å². The number of halogens is 6. The molecule has 3 aromatic rings. The molecule has 4 nitrogen and oxygen atoms in total. The van der Waals surface area contributed by atoms with E-state index in [0.29, 0.717) is 12.3 Å². The van der Waals surface area contributed by atoms with Gasteiger partial charge in [-0.05, 0) is 37.2 Å². The van der Waals surface area contributed by atoms with Crippen molar-refractivity contribution in [2.45, 2.75) is 44.9 Å². The predicted octanol–water partition coefficient (Wildman–Crippen LogP) is 6.65. The first-order valence-electron chi connectivity index (χ1n) is 10.4. The second-order valence-electron chi connectivity index (χ2n) is 9.22. The van der Waals surface area contributed by atoms with Crippen LogP contribution in [0, 0.1) is 30.2 Å². The minimum absolute atomic E-state index is 0.0250. The molecule has 0 unspecified atom stereocenters. The Morgan fingerprint density at radius 1 is 0.971 bits per heavy atom. The van der Waals surface area contributed by atoms with Gasteiger partial charge in [-0.1, -0.05) is 42.8 Å². The molecule has 3 rings (SSSR count). The number of imidazole rings is 1. The molecule has 0 spiro atoms. The smallest absolute Gasteiger partial charge is 0.177 e. The van der Waals surface area contributed by atoms with Crippen LogP contribution in [0.25, 0.3) is 0 Å². The maximum atomic E-state index is 14.3. The van der Waals surface area contributed by atoms with E-state index in [1.54, 1.807) is 6.92 Å². The molecule has 0 saturated carbocycles. The van der Waals surface area contributed by atoms with Crippen molar-refractivity contribution in [3.8, 4) is 0 Å². The van der Waals surface area contributed by atoms with E-state index in [9.17, 15) is 22.7 Å². The van der Waals surface area contributed by atoms with Crippen molar-refractivity contribution in [3.05, 3.63) is 86.4 Å². The molecule has 0 atom stereocenters. The van der Waals surface area contributed by atoms with E-state index in [2.05, 4.69) is 24.6 Å². The van der Waals surface area contributed by atoms with E-state index in [4.69, 9.17) is 27.9 Å². The van der Waals surface area contributed by atoms with Gasteiger partial charge in [0, 0.05) is 37.7 Å². The van der Waals surface area contributed by atoms with Gasteiger partial charge in [-0.15, -0.1) is 0 Å². The predicted molar refractivity (Wildman–Crippen MR) is 126 cm³/mol. The second-order valence-corrected chi connectivity index (χ2v) is 15.7. The molecule has 1 aromatic heterocycles. The topological polar surface area (TPSA) is 47.3 Å². The first kappa shape index (κ1) is 26.7. The van der Waals surface area contributed by atoms with E-state index in [0.717, 1.165) is 30.3 Å². The van der Waals surface area contributed by atoms with Gasteiger partial charge in [0.05, 0.1) is 10.0 Å². The van der Waals surface area contributed by atoms with Crippen LogP contribution in [0.1, 0.15) is 22.6 Å². The van der Waals surface area contributed by atoms with Crippen LogP contribution in [0.15, 0.2) is 30.5 Å². The third kappa shape index (κ3) is 5.33. The van der Waals surface area contributed by atoms with Gasteiger partial charge >= 0.3 is 0 Å². The maximum absolute atomic E-state index is 14.3. The lowest BCUT2D eigenvalue weighted by Crippen LogP contribution is -2.34. The van der Waals surface area contributed by atoms with Crippen LogP contribution < -0.4 is 0 Å². The summed E-state index contributed by atoms with van der Waals surface area (Å²) < 4.78 is 63.8. The van der Waals surface area contributed by atoms with Gasteiger partial charge < -0.3 is 14.4 Å². The molecule has 1 heterocycles. The lowest BCUT2D eigenvalue weighted by Gasteiger charge is -2.30. The van der Waals surface area contributed by atoms with Crippen molar-refractivity contribution in [3.63, 3.8) is 0 Å². The van der Waals surface area contributed by atoms with Crippen molar-refractivity contribution < 1.29 is 27.4 Å². The van der Waals surface area contributed by atoms with Crippen molar-refractivity contribution in [2.24, 2.45) is 0 Å². The number of ether oxygens (including phenoxy) is 1. The molecular formula is C23H24Cl2F4N2O2Si. The van der Waals surface area contributed by atoms with Crippen LogP contribution in [0.5, 0.6) is 0 Å². The van der Waals surface area contributed by atoms with Crippen LogP contribution in [-0.2, 0) is 17.1 Å². The van der Waals surface area contributed by atoms with Gasteiger partial charge in [-0.3, -0.25) is 0 Å². The van der Waals surface area contributed by atoms with Gasteiger partial charge in [0.2, 0.25) is 0 Å². The highest BCUT2D eigenvalue weighted by molar-refractivity contribution is 6.76. The second kappa shape index (κ2) is 9.99. The number of nitrogens with zero attached hydrogens (tertiary/aromatic N) is 2. The quantitative estimate of drug-likeness (QED) is 0.152. The molecule has 0 aliphatic heterocycles. The molecule has 184 valence electrons. The molecule has 0 fully saturated rings. The summed E-state index contributed by atoms with van der Waals surface area (Å²) in [5, 5.41) is 10.7. The van der Waals surface area contributed by atoms with Crippen molar-refractivity contribution in [1.82, 2.24) is 9.55 Å². The largest absolute Gasteiger partial charge is 0.373 e. The third-order valence-corrected chi connectivity index (χ3v) is 7.65. The Balaban J connectivity index is 2.19.